The Hall–Kier alpha value is -0.860. The van der Waals surface area contributed by atoms with E-state index in [2.05, 4.69) is 0 Å². The molecule has 0 aromatic carbocycles. The summed E-state index contributed by atoms with van der Waals surface area (Å²) in [6.07, 6.45) is 0.949. The number of carbonyl (C=O) groups excluding carboxylic acids is 2. The smallest absolute Gasteiger partial charge is 0.293 e. The van der Waals surface area contributed by atoms with Crippen molar-refractivity contribution in [3.05, 3.63) is 0 Å². The molecule has 1 rings (SSSR count). The SMILES string of the molecule is CC(=O)C1CC1C(C)(C)COC=O. The Labute approximate surface area is 78.5 Å². The van der Waals surface area contributed by atoms with Crippen LogP contribution in [-0.2, 0) is 14.3 Å². The van der Waals surface area contributed by atoms with Gasteiger partial charge in [0.15, 0.2) is 0 Å². The zero-order chi connectivity index (χ0) is 10.1. The van der Waals surface area contributed by atoms with E-state index in [1.54, 1.807) is 6.92 Å². The van der Waals surface area contributed by atoms with Crippen molar-refractivity contribution in [2.24, 2.45) is 17.3 Å². The predicted octanol–water partition coefficient (Wildman–Crippen LogP) is 1.41. The van der Waals surface area contributed by atoms with Gasteiger partial charge in [-0.2, -0.15) is 0 Å². The van der Waals surface area contributed by atoms with Crippen LogP contribution in [0.15, 0.2) is 0 Å². The van der Waals surface area contributed by atoms with Gasteiger partial charge in [0.25, 0.3) is 6.47 Å². The molecule has 0 N–H and O–H groups in total. The maximum absolute atomic E-state index is 11.0. The minimum absolute atomic E-state index is 0.0583. The first-order valence-corrected chi connectivity index (χ1v) is 4.54. The third-order valence-electron chi connectivity index (χ3n) is 2.84. The van der Waals surface area contributed by atoms with Gasteiger partial charge in [-0.25, -0.2) is 0 Å². The number of Topliss-reactive ketones (excluding diaryl/α,β-unsaturated/α-hetero) is 1. The van der Waals surface area contributed by atoms with E-state index in [0.717, 1.165) is 6.42 Å². The molecular weight excluding hydrogens is 168 g/mol. The fourth-order valence-electron chi connectivity index (χ4n) is 1.86. The lowest BCUT2D eigenvalue weighted by Crippen LogP contribution is -2.23. The van der Waals surface area contributed by atoms with Gasteiger partial charge in [0.05, 0.1) is 6.61 Å². The third kappa shape index (κ3) is 2.29. The molecule has 3 heteroatoms. The summed E-state index contributed by atoms with van der Waals surface area (Å²) in [4.78, 5) is 21.0. The minimum atomic E-state index is -0.0583. The van der Waals surface area contributed by atoms with Gasteiger partial charge in [0.1, 0.15) is 5.78 Å². The van der Waals surface area contributed by atoms with Crippen LogP contribution in [0, 0.1) is 17.3 Å². The molecule has 0 bridgehead atoms. The highest BCUT2D eigenvalue weighted by Crippen LogP contribution is 2.51. The Kier molecular flexibility index (Phi) is 2.74. The Bertz CT molecular complexity index is 220. The lowest BCUT2D eigenvalue weighted by molar-refractivity contribution is -0.132. The van der Waals surface area contributed by atoms with E-state index in [-0.39, 0.29) is 17.1 Å². The molecule has 0 saturated heterocycles. The van der Waals surface area contributed by atoms with Crippen molar-refractivity contribution in [2.45, 2.75) is 27.2 Å². The second kappa shape index (κ2) is 3.48. The van der Waals surface area contributed by atoms with Gasteiger partial charge >= 0.3 is 0 Å². The van der Waals surface area contributed by atoms with Crippen LogP contribution >= 0.6 is 0 Å². The Morgan fingerprint density at radius 3 is 2.62 bits per heavy atom. The first-order valence-electron chi connectivity index (χ1n) is 4.54. The van der Waals surface area contributed by atoms with Crippen LogP contribution in [-0.4, -0.2) is 18.9 Å². The molecule has 13 heavy (non-hydrogen) atoms. The second-order valence-electron chi connectivity index (χ2n) is 4.46. The van der Waals surface area contributed by atoms with Crippen LogP contribution in [0.1, 0.15) is 27.2 Å². The van der Waals surface area contributed by atoms with E-state index in [1.165, 1.54) is 0 Å². The average molecular weight is 184 g/mol. The van der Waals surface area contributed by atoms with Gasteiger partial charge in [-0.1, -0.05) is 13.8 Å². The monoisotopic (exact) mass is 184 g/mol. The number of hydrogen-bond acceptors (Lipinski definition) is 3. The number of hydrogen-bond donors (Lipinski definition) is 0. The average Bonchev–Trinajstić information content (AvgIpc) is 2.79. The van der Waals surface area contributed by atoms with Crippen molar-refractivity contribution in [3.63, 3.8) is 0 Å². The number of carbonyl (C=O) groups is 2. The first kappa shape index (κ1) is 10.2. The molecule has 2 atom stereocenters. The molecule has 74 valence electrons. The first-order chi connectivity index (χ1) is 5.99. The summed E-state index contributed by atoms with van der Waals surface area (Å²) in [7, 11) is 0. The van der Waals surface area contributed by atoms with Crippen molar-refractivity contribution in [1.82, 2.24) is 0 Å². The fraction of sp³-hybridized carbons (Fsp3) is 0.800. The molecule has 0 heterocycles. The van der Waals surface area contributed by atoms with E-state index in [4.69, 9.17) is 4.74 Å². The summed E-state index contributed by atoms with van der Waals surface area (Å²) in [6, 6.07) is 0. The molecule has 0 aliphatic heterocycles. The van der Waals surface area contributed by atoms with Crippen LogP contribution in [0.2, 0.25) is 0 Å². The Balaban J connectivity index is 2.43. The molecular formula is C10H16O3. The minimum Gasteiger partial charge on any atom is -0.467 e. The zero-order valence-electron chi connectivity index (χ0n) is 8.37. The molecule has 2 unspecified atom stereocenters. The lowest BCUT2D eigenvalue weighted by Gasteiger charge is -2.23. The summed E-state index contributed by atoms with van der Waals surface area (Å²) in [5, 5.41) is 0. The van der Waals surface area contributed by atoms with Crippen LogP contribution < -0.4 is 0 Å². The van der Waals surface area contributed by atoms with Gasteiger partial charge in [0.2, 0.25) is 0 Å². The molecule has 1 saturated carbocycles. The molecule has 0 aromatic rings. The van der Waals surface area contributed by atoms with E-state index >= 15 is 0 Å². The van der Waals surface area contributed by atoms with Crippen molar-refractivity contribution in [1.29, 1.82) is 0 Å². The molecule has 1 fully saturated rings. The lowest BCUT2D eigenvalue weighted by atomic mass is 9.86. The summed E-state index contributed by atoms with van der Waals surface area (Å²) >= 11 is 0. The molecule has 1 aliphatic carbocycles. The largest absolute Gasteiger partial charge is 0.467 e. The molecule has 3 nitrogen and oxygen atoms in total. The quantitative estimate of drug-likeness (QED) is 0.607. The summed E-state index contributed by atoms with van der Waals surface area (Å²) in [5.41, 5.74) is -0.0583. The van der Waals surface area contributed by atoms with Gasteiger partial charge in [-0.15, -0.1) is 0 Å². The standard InChI is InChI=1S/C10H16O3/c1-7(12)8-4-9(8)10(2,3)5-13-6-11/h6,8-9H,4-5H2,1-3H3. The highest BCUT2D eigenvalue weighted by atomic mass is 16.5. The van der Waals surface area contributed by atoms with Crippen molar-refractivity contribution in [2.75, 3.05) is 6.61 Å². The summed E-state index contributed by atoms with van der Waals surface area (Å²) in [5.74, 6) is 0.847. The van der Waals surface area contributed by atoms with E-state index in [0.29, 0.717) is 19.0 Å². The van der Waals surface area contributed by atoms with E-state index in [9.17, 15) is 9.59 Å². The van der Waals surface area contributed by atoms with E-state index < -0.39 is 0 Å². The maximum atomic E-state index is 11.0. The predicted molar refractivity (Wildman–Crippen MR) is 48.1 cm³/mol. The molecule has 0 radical (unpaired) electrons. The summed E-state index contributed by atoms with van der Waals surface area (Å²) < 4.78 is 4.74. The zero-order valence-corrected chi connectivity index (χ0v) is 8.37. The third-order valence-corrected chi connectivity index (χ3v) is 2.84. The maximum Gasteiger partial charge on any atom is 0.293 e. The Morgan fingerprint density at radius 2 is 2.23 bits per heavy atom. The normalized spacial score (nSPS) is 26.7. The van der Waals surface area contributed by atoms with Crippen molar-refractivity contribution >= 4 is 12.3 Å². The van der Waals surface area contributed by atoms with Crippen molar-refractivity contribution in [3.8, 4) is 0 Å². The molecule has 0 amide bonds. The molecule has 0 spiro atoms. The number of ether oxygens (including phenoxy) is 1. The molecule has 1 aliphatic rings. The second-order valence-corrected chi connectivity index (χ2v) is 4.46. The van der Waals surface area contributed by atoms with Crippen LogP contribution in [0.3, 0.4) is 0 Å². The number of rotatable bonds is 5. The van der Waals surface area contributed by atoms with Gasteiger partial charge in [-0.05, 0) is 19.3 Å². The van der Waals surface area contributed by atoms with Gasteiger partial charge in [-0.3, -0.25) is 9.59 Å². The number of ketones is 1. The highest BCUT2D eigenvalue weighted by molar-refractivity contribution is 5.81. The highest BCUT2D eigenvalue weighted by Gasteiger charge is 2.50. The van der Waals surface area contributed by atoms with Gasteiger partial charge in [0, 0.05) is 11.3 Å². The fourth-order valence-corrected chi connectivity index (χ4v) is 1.86. The summed E-state index contributed by atoms with van der Waals surface area (Å²) in [6.45, 7) is 6.56. The van der Waals surface area contributed by atoms with Crippen LogP contribution in [0.25, 0.3) is 0 Å². The van der Waals surface area contributed by atoms with E-state index in [1.807, 2.05) is 13.8 Å². The van der Waals surface area contributed by atoms with Crippen molar-refractivity contribution < 1.29 is 14.3 Å². The van der Waals surface area contributed by atoms with Crippen LogP contribution in [0.4, 0.5) is 0 Å². The van der Waals surface area contributed by atoms with Crippen LogP contribution in [0.5, 0.6) is 0 Å². The van der Waals surface area contributed by atoms with Gasteiger partial charge < -0.3 is 4.74 Å². The topological polar surface area (TPSA) is 43.4 Å². The Morgan fingerprint density at radius 1 is 1.62 bits per heavy atom. The molecule has 0 aromatic heterocycles.